The monoisotopic (exact) mass is 234 g/mol. The van der Waals surface area contributed by atoms with Crippen molar-refractivity contribution in [2.24, 2.45) is 5.73 Å². The zero-order valence-corrected chi connectivity index (χ0v) is 10.8. The van der Waals surface area contributed by atoms with Crippen molar-refractivity contribution in [1.29, 1.82) is 0 Å². The molecule has 0 aromatic carbocycles. The van der Waals surface area contributed by atoms with E-state index < -0.39 is 0 Å². The second-order valence-electron chi connectivity index (χ2n) is 4.86. The summed E-state index contributed by atoms with van der Waals surface area (Å²) in [7, 11) is 4.31. The lowest BCUT2D eigenvalue weighted by atomic mass is 10.0. The minimum atomic E-state index is 0.550. The molecule has 1 aliphatic heterocycles. The molecular weight excluding hydrogens is 212 g/mol. The highest BCUT2D eigenvalue weighted by Crippen LogP contribution is 2.22. The first-order chi connectivity index (χ1) is 8.22. The number of hydrogen-bond acceptors (Lipinski definition) is 4. The van der Waals surface area contributed by atoms with Gasteiger partial charge in [-0.3, -0.25) is 0 Å². The van der Waals surface area contributed by atoms with Crippen LogP contribution in [0.4, 0.5) is 5.82 Å². The smallest absolute Gasteiger partial charge is 0.133 e. The van der Waals surface area contributed by atoms with Crippen LogP contribution >= 0.6 is 0 Å². The minimum absolute atomic E-state index is 0.550. The lowest BCUT2D eigenvalue weighted by Crippen LogP contribution is -2.45. The Morgan fingerprint density at radius 2 is 2.41 bits per heavy atom. The molecule has 2 heterocycles. The molecule has 1 fully saturated rings. The second kappa shape index (κ2) is 5.47. The van der Waals surface area contributed by atoms with Crippen molar-refractivity contribution in [3.8, 4) is 0 Å². The summed E-state index contributed by atoms with van der Waals surface area (Å²) in [6.07, 6.45) is 4.34. The van der Waals surface area contributed by atoms with Gasteiger partial charge in [0.25, 0.3) is 0 Å². The first-order valence-corrected chi connectivity index (χ1v) is 6.27. The van der Waals surface area contributed by atoms with Crippen molar-refractivity contribution < 1.29 is 0 Å². The fourth-order valence-corrected chi connectivity index (χ4v) is 2.54. The third kappa shape index (κ3) is 2.76. The van der Waals surface area contributed by atoms with E-state index in [4.69, 9.17) is 5.73 Å². The van der Waals surface area contributed by atoms with Crippen LogP contribution in [-0.2, 0) is 6.54 Å². The highest BCUT2D eigenvalue weighted by molar-refractivity contribution is 5.47. The van der Waals surface area contributed by atoms with Crippen molar-refractivity contribution in [2.45, 2.75) is 25.4 Å². The van der Waals surface area contributed by atoms with Crippen LogP contribution in [0.2, 0.25) is 0 Å². The van der Waals surface area contributed by atoms with Crippen LogP contribution in [0.1, 0.15) is 18.4 Å². The summed E-state index contributed by atoms with van der Waals surface area (Å²) in [5, 5.41) is 0. The van der Waals surface area contributed by atoms with Gasteiger partial charge in [0.2, 0.25) is 0 Å². The third-order valence-corrected chi connectivity index (χ3v) is 3.57. The van der Waals surface area contributed by atoms with E-state index in [1.165, 1.54) is 19.4 Å². The number of aromatic nitrogens is 1. The first kappa shape index (κ1) is 12.3. The van der Waals surface area contributed by atoms with Gasteiger partial charge in [0.05, 0.1) is 0 Å². The number of likely N-dealkylation sites (N-methyl/N-ethyl adjacent to an activating group) is 2. The molecule has 0 aliphatic carbocycles. The number of likely N-dealkylation sites (tertiary alicyclic amines) is 1. The molecule has 0 spiro atoms. The quantitative estimate of drug-likeness (QED) is 0.850. The molecule has 17 heavy (non-hydrogen) atoms. The summed E-state index contributed by atoms with van der Waals surface area (Å²) in [6.45, 7) is 2.86. The molecule has 1 aromatic heterocycles. The maximum Gasteiger partial charge on any atom is 0.133 e. The average molecular weight is 234 g/mol. The van der Waals surface area contributed by atoms with Crippen LogP contribution in [0.15, 0.2) is 18.3 Å². The van der Waals surface area contributed by atoms with Gasteiger partial charge in [-0.1, -0.05) is 6.07 Å². The standard InChI is InChI=1S/C13H22N4/c1-16-8-4-6-12(10-16)17(2)13-11(9-14)5-3-7-15-13/h3,5,7,12H,4,6,8-10,14H2,1-2H3. The number of hydrogen-bond donors (Lipinski definition) is 1. The van der Waals surface area contributed by atoms with Crippen LogP contribution in [-0.4, -0.2) is 43.1 Å². The molecule has 1 unspecified atom stereocenters. The molecule has 0 radical (unpaired) electrons. The lowest BCUT2D eigenvalue weighted by Gasteiger charge is -2.37. The predicted octanol–water partition coefficient (Wildman–Crippen LogP) is 1.07. The van der Waals surface area contributed by atoms with Crippen molar-refractivity contribution in [1.82, 2.24) is 9.88 Å². The van der Waals surface area contributed by atoms with Gasteiger partial charge in [-0.25, -0.2) is 4.98 Å². The molecule has 0 saturated carbocycles. The molecule has 2 N–H and O–H groups in total. The van der Waals surface area contributed by atoms with Gasteiger partial charge < -0.3 is 15.5 Å². The Hall–Kier alpha value is -1.13. The normalized spacial score (nSPS) is 21.5. The highest BCUT2D eigenvalue weighted by Gasteiger charge is 2.22. The molecule has 94 valence electrons. The van der Waals surface area contributed by atoms with E-state index in [0.29, 0.717) is 12.6 Å². The van der Waals surface area contributed by atoms with Crippen LogP contribution in [0, 0.1) is 0 Å². The molecule has 1 saturated heterocycles. The van der Waals surface area contributed by atoms with Crippen molar-refractivity contribution in [3.05, 3.63) is 23.9 Å². The van der Waals surface area contributed by atoms with E-state index in [-0.39, 0.29) is 0 Å². The minimum Gasteiger partial charge on any atom is -0.355 e. The van der Waals surface area contributed by atoms with Crippen LogP contribution in [0.5, 0.6) is 0 Å². The van der Waals surface area contributed by atoms with Gasteiger partial charge >= 0.3 is 0 Å². The highest BCUT2D eigenvalue weighted by atomic mass is 15.2. The van der Waals surface area contributed by atoms with E-state index in [2.05, 4.69) is 34.9 Å². The van der Waals surface area contributed by atoms with Crippen LogP contribution in [0.25, 0.3) is 0 Å². The van der Waals surface area contributed by atoms with E-state index >= 15 is 0 Å². The van der Waals surface area contributed by atoms with Gasteiger partial charge in [-0.2, -0.15) is 0 Å². The van der Waals surface area contributed by atoms with Crippen molar-refractivity contribution in [3.63, 3.8) is 0 Å². The van der Waals surface area contributed by atoms with E-state index in [0.717, 1.165) is 17.9 Å². The number of pyridine rings is 1. The number of piperidine rings is 1. The molecule has 0 bridgehead atoms. The second-order valence-corrected chi connectivity index (χ2v) is 4.86. The van der Waals surface area contributed by atoms with E-state index in [1.807, 2.05) is 12.3 Å². The Morgan fingerprint density at radius 3 is 3.12 bits per heavy atom. The largest absolute Gasteiger partial charge is 0.355 e. The molecule has 4 nitrogen and oxygen atoms in total. The summed E-state index contributed by atoms with van der Waals surface area (Å²) in [5.74, 6) is 1.04. The fraction of sp³-hybridized carbons (Fsp3) is 0.615. The van der Waals surface area contributed by atoms with Gasteiger partial charge in [-0.05, 0) is 32.5 Å². The van der Waals surface area contributed by atoms with Crippen LogP contribution < -0.4 is 10.6 Å². The number of nitrogens with two attached hydrogens (primary N) is 1. The zero-order chi connectivity index (χ0) is 12.3. The Balaban J connectivity index is 2.15. The SMILES string of the molecule is CN1CCCC(N(C)c2ncccc2CN)C1. The van der Waals surface area contributed by atoms with Gasteiger partial charge in [-0.15, -0.1) is 0 Å². The Bertz CT molecular complexity index is 366. The summed E-state index contributed by atoms with van der Waals surface area (Å²) < 4.78 is 0. The van der Waals surface area contributed by atoms with Gasteiger partial charge in [0, 0.05) is 37.9 Å². The zero-order valence-electron chi connectivity index (χ0n) is 10.8. The van der Waals surface area contributed by atoms with Gasteiger partial charge in [0.15, 0.2) is 0 Å². The summed E-state index contributed by atoms with van der Waals surface area (Å²) in [4.78, 5) is 9.15. The number of anilines is 1. The number of rotatable bonds is 3. The topological polar surface area (TPSA) is 45.4 Å². The Kier molecular flexibility index (Phi) is 3.97. The lowest BCUT2D eigenvalue weighted by molar-refractivity contribution is 0.247. The maximum atomic E-state index is 5.77. The fourth-order valence-electron chi connectivity index (χ4n) is 2.54. The third-order valence-electron chi connectivity index (χ3n) is 3.57. The molecule has 4 heteroatoms. The van der Waals surface area contributed by atoms with E-state index in [9.17, 15) is 0 Å². The molecule has 0 amide bonds. The molecule has 2 rings (SSSR count). The Morgan fingerprint density at radius 1 is 1.59 bits per heavy atom. The maximum absolute atomic E-state index is 5.77. The predicted molar refractivity (Wildman–Crippen MR) is 71.1 cm³/mol. The molecule has 1 aliphatic rings. The summed E-state index contributed by atoms with van der Waals surface area (Å²) in [5.41, 5.74) is 6.90. The Labute approximate surface area is 103 Å². The molecule has 1 atom stereocenters. The summed E-state index contributed by atoms with van der Waals surface area (Å²) >= 11 is 0. The van der Waals surface area contributed by atoms with Gasteiger partial charge in [0.1, 0.15) is 5.82 Å². The summed E-state index contributed by atoms with van der Waals surface area (Å²) in [6, 6.07) is 4.56. The average Bonchev–Trinajstić information content (AvgIpc) is 2.38. The van der Waals surface area contributed by atoms with E-state index in [1.54, 1.807) is 0 Å². The first-order valence-electron chi connectivity index (χ1n) is 6.27. The molecule has 1 aromatic rings. The van der Waals surface area contributed by atoms with Crippen LogP contribution in [0.3, 0.4) is 0 Å². The molecular formula is C13H22N4. The van der Waals surface area contributed by atoms with Crippen molar-refractivity contribution in [2.75, 3.05) is 32.1 Å². The number of nitrogens with zero attached hydrogens (tertiary/aromatic N) is 3. The van der Waals surface area contributed by atoms with Crippen molar-refractivity contribution >= 4 is 5.82 Å².